The van der Waals surface area contributed by atoms with E-state index in [0.717, 1.165) is 41.0 Å². The monoisotopic (exact) mass is 362 g/mol. The molecule has 1 aliphatic rings. The molecule has 0 spiro atoms. The predicted molar refractivity (Wildman–Crippen MR) is 117 cm³/mol. The summed E-state index contributed by atoms with van der Waals surface area (Å²) >= 11 is 0. The van der Waals surface area contributed by atoms with Gasteiger partial charge in [0.15, 0.2) is 0 Å². The Hall–Kier alpha value is -2.81. The lowest BCUT2D eigenvalue weighted by molar-refractivity contribution is 0.444. The summed E-state index contributed by atoms with van der Waals surface area (Å²) in [6.07, 6.45) is 4.67. The number of rotatable bonds is 3. The van der Waals surface area contributed by atoms with Gasteiger partial charge in [-0.25, -0.2) is 4.98 Å². The van der Waals surface area contributed by atoms with E-state index in [2.05, 4.69) is 71.3 Å². The molecule has 0 bridgehead atoms. The van der Waals surface area contributed by atoms with Crippen LogP contribution in [0.5, 0.6) is 0 Å². The fraction of sp³-hybridized carbons (Fsp3) is 0.240. The van der Waals surface area contributed by atoms with Crippen LogP contribution in [0.2, 0.25) is 5.82 Å². The highest BCUT2D eigenvalue weighted by Gasteiger charge is 2.20. The number of aromatic nitrogens is 2. The minimum Gasteiger partial charge on any atom is -0.292 e. The molecule has 1 aromatic heterocycles. The lowest BCUT2D eigenvalue weighted by Crippen LogP contribution is -2.09. The molecule has 4 aromatic rings. The average Bonchev–Trinajstić information content (AvgIpc) is 3.15. The van der Waals surface area contributed by atoms with E-state index in [4.69, 9.17) is 12.8 Å². The van der Waals surface area contributed by atoms with Crippen LogP contribution in [-0.2, 0) is 0 Å². The van der Waals surface area contributed by atoms with E-state index in [1.165, 1.54) is 18.4 Å². The van der Waals surface area contributed by atoms with Gasteiger partial charge in [-0.1, -0.05) is 73.3 Å². The molecule has 0 aliphatic heterocycles. The molecular weight excluding hydrogens is 339 g/mol. The highest BCUT2D eigenvalue weighted by molar-refractivity contribution is 6.11. The van der Waals surface area contributed by atoms with Gasteiger partial charge in [-0.15, -0.1) is 0 Å². The van der Waals surface area contributed by atoms with Crippen molar-refractivity contribution < 1.29 is 0 Å². The van der Waals surface area contributed by atoms with Gasteiger partial charge in [0.05, 0.1) is 18.9 Å². The summed E-state index contributed by atoms with van der Waals surface area (Å²) in [5, 5.41) is 0. The molecule has 3 heteroatoms. The zero-order valence-electron chi connectivity index (χ0n) is 16.0. The van der Waals surface area contributed by atoms with E-state index in [-0.39, 0.29) is 0 Å². The highest BCUT2D eigenvalue weighted by Crippen LogP contribution is 2.38. The number of para-hydroxylation sites is 3. The highest BCUT2D eigenvalue weighted by atomic mass is 15.1. The number of hydrogen-bond donors (Lipinski definition) is 0. The molecule has 28 heavy (non-hydrogen) atoms. The standard InChI is InChI=1S/C25H23BN2/c26-21-16-14-19(15-17-21)18-10-12-20(13-11-18)25-27-23-8-4-5-9-24(23)28(25)22-6-2-1-3-7-22/h1-13,19,21H,14-17H2. The molecule has 0 unspecified atom stereocenters. The van der Waals surface area contributed by atoms with Crippen LogP contribution in [0, 0.1) is 0 Å². The first-order chi connectivity index (χ1) is 13.8. The maximum Gasteiger partial charge on any atom is 0.145 e. The van der Waals surface area contributed by atoms with Gasteiger partial charge in [0.25, 0.3) is 0 Å². The van der Waals surface area contributed by atoms with E-state index < -0.39 is 0 Å². The van der Waals surface area contributed by atoms with E-state index in [1.807, 2.05) is 12.1 Å². The van der Waals surface area contributed by atoms with Crippen LogP contribution in [0.25, 0.3) is 28.1 Å². The van der Waals surface area contributed by atoms with Gasteiger partial charge in [-0.05, 0) is 48.6 Å². The summed E-state index contributed by atoms with van der Waals surface area (Å²) < 4.78 is 2.25. The lowest BCUT2D eigenvalue weighted by Gasteiger charge is -2.26. The van der Waals surface area contributed by atoms with Crippen molar-refractivity contribution in [2.75, 3.05) is 0 Å². The minimum absolute atomic E-state index is 0.390. The molecule has 1 saturated carbocycles. The first-order valence-corrected chi connectivity index (χ1v) is 10.2. The smallest absolute Gasteiger partial charge is 0.145 e. The summed E-state index contributed by atoms with van der Waals surface area (Å²) in [7, 11) is 6.07. The molecule has 2 radical (unpaired) electrons. The Labute approximate surface area is 167 Å². The first kappa shape index (κ1) is 17.3. The maximum atomic E-state index is 6.07. The first-order valence-electron chi connectivity index (χ1n) is 10.2. The maximum absolute atomic E-state index is 6.07. The van der Waals surface area contributed by atoms with Crippen LogP contribution in [0.1, 0.15) is 37.2 Å². The minimum atomic E-state index is 0.390. The third kappa shape index (κ3) is 3.15. The molecule has 0 N–H and O–H groups in total. The second-order valence-corrected chi connectivity index (χ2v) is 7.83. The lowest BCUT2D eigenvalue weighted by atomic mass is 9.70. The number of fused-ring (bicyclic) bond motifs is 1. The van der Waals surface area contributed by atoms with Crippen LogP contribution in [0.15, 0.2) is 78.9 Å². The Morgan fingerprint density at radius 1 is 0.750 bits per heavy atom. The van der Waals surface area contributed by atoms with Crippen molar-refractivity contribution in [1.29, 1.82) is 0 Å². The predicted octanol–water partition coefficient (Wildman–Crippen LogP) is 6.31. The Morgan fingerprint density at radius 3 is 2.18 bits per heavy atom. The van der Waals surface area contributed by atoms with Gasteiger partial charge in [-0.3, -0.25) is 4.57 Å². The van der Waals surface area contributed by atoms with Crippen LogP contribution in [0.3, 0.4) is 0 Å². The SMILES string of the molecule is [B]C1CCC(c2ccc(-c3nc4ccccc4n3-c3ccccc3)cc2)CC1. The molecule has 0 saturated heterocycles. The molecule has 136 valence electrons. The topological polar surface area (TPSA) is 17.8 Å². The van der Waals surface area contributed by atoms with Crippen molar-refractivity contribution in [2.24, 2.45) is 0 Å². The van der Waals surface area contributed by atoms with E-state index in [0.29, 0.717) is 11.7 Å². The van der Waals surface area contributed by atoms with Crippen molar-refractivity contribution in [3.05, 3.63) is 84.4 Å². The summed E-state index contributed by atoms with van der Waals surface area (Å²) in [5.74, 6) is 2.02. The third-order valence-corrected chi connectivity index (χ3v) is 5.99. The normalized spacial score (nSPS) is 19.7. The molecule has 1 fully saturated rings. The fourth-order valence-electron chi connectivity index (χ4n) is 4.41. The van der Waals surface area contributed by atoms with Gasteiger partial charge in [0.2, 0.25) is 0 Å². The number of imidazole rings is 1. The number of nitrogens with zero attached hydrogens (tertiary/aromatic N) is 2. The van der Waals surface area contributed by atoms with Crippen molar-refractivity contribution in [1.82, 2.24) is 9.55 Å². The van der Waals surface area contributed by atoms with Crippen LogP contribution in [-0.4, -0.2) is 17.4 Å². The molecular formula is C25H23BN2. The van der Waals surface area contributed by atoms with Gasteiger partial charge >= 0.3 is 0 Å². The fourth-order valence-corrected chi connectivity index (χ4v) is 4.41. The van der Waals surface area contributed by atoms with Crippen molar-refractivity contribution >= 4 is 18.9 Å². The average molecular weight is 362 g/mol. The van der Waals surface area contributed by atoms with Crippen molar-refractivity contribution in [3.63, 3.8) is 0 Å². The van der Waals surface area contributed by atoms with Crippen LogP contribution >= 0.6 is 0 Å². The summed E-state index contributed by atoms with van der Waals surface area (Å²) in [6, 6.07) is 27.8. The van der Waals surface area contributed by atoms with Gasteiger partial charge in [-0.2, -0.15) is 0 Å². The number of hydrogen-bond acceptors (Lipinski definition) is 1. The quantitative estimate of drug-likeness (QED) is 0.391. The van der Waals surface area contributed by atoms with Crippen molar-refractivity contribution in [3.8, 4) is 17.1 Å². The Bertz CT molecular complexity index is 1070. The molecule has 5 rings (SSSR count). The molecule has 2 nitrogen and oxygen atoms in total. The number of benzene rings is 3. The molecule has 3 aromatic carbocycles. The molecule has 0 amide bonds. The summed E-state index contributed by atoms with van der Waals surface area (Å²) in [5.41, 5.74) is 5.87. The molecule has 1 heterocycles. The largest absolute Gasteiger partial charge is 0.292 e. The van der Waals surface area contributed by atoms with Gasteiger partial charge < -0.3 is 0 Å². The Morgan fingerprint density at radius 2 is 1.43 bits per heavy atom. The Kier molecular flexibility index (Phi) is 4.52. The van der Waals surface area contributed by atoms with E-state index >= 15 is 0 Å². The van der Waals surface area contributed by atoms with E-state index in [9.17, 15) is 0 Å². The molecule has 0 atom stereocenters. The second kappa shape index (κ2) is 7.31. The second-order valence-electron chi connectivity index (χ2n) is 7.83. The zero-order chi connectivity index (χ0) is 18.9. The van der Waals surface area contributed by atoms with Crippen molar-refractivity contribution in [2.45, 2.75) is 37.4 Å². The molecule has 1 aliphatic carbocycles. The third-order valence-electron chi connectivity index (χ3n) is 5.99. The van der Waals surface area contributed by atoms with Crippen LogP contribution < -0.4 is 0 Å². The van der Waals surface area contributed by atoms with Crippen LogP contribution in [0.4, 0.5) is 0 Å². The van der Waals surface area contributed by atoms with Gasteiger partial charge in [0.1, 0.15) is 5.82 Å². The Balaban J connectivity index is 1.56. The van der Waals surface area contributed by atoms with E-state index in [1.54, 1.807) is 0 Å². The summed E-state index contributed by atoms with van der Waals surface area (Å²) in [4.78, 5) is 4.96. The zero-order valence-corrected chi connectivity index (χ0v) is 16.0. The summed E-state index contributed by atoms with van der Waals surface area (Å²) in [6.45, 7) is 0. The van der Waals surface area contributed by atoms with Gasteiger partial charge in [0, 0.05) is 11.3 Å².